The molecule has 0 radical (unpaired) electrons. The third-order valence-electron chi connectivity index (χ3n) is 2.41. The second-order valence-corrected chi connectivity index (χ2v) is 3.61. The first-order valence-electron chi connectivity index (χ1n) is 5.34. The molecule has 0 bridgehead atoms. The van der Waals surface area contributed by atoms with Crippen LogP contribution in [-0.2, 0) is 4.84 Å². The van der Waals surface area contributed by atoms with Crippen LogP contribution in [0.5, 0.6) is 0 Å². The Bertz CT molecular complexity index is 217. The summed E-state index contributed by atoms with van der Waals surface area (Å²) in [5, 5.41) is 3.79. The Morgan fingerprint density at radius 3 is 3.07 bits per heavy atom. The molecule has 0 fully saturated rings. The molecule has 1 rings (SSSR count). The van der Waals surface area contributed by atoms with Crippen molar-refractivity contribution in [3.05, 3.63) is 11.6 Å². The quantitative estimate of drug-likeness (QED) is 0.538. The van der Waals surface area contributed by atoms with E-state index in [2.05, 4.69) is 27.9 Å². The van der Waals surface area contributed by atoms with Crippen molar-refractivity contribution in [1.29, 1.82) is 0 Å². The van der Waals surface area contributed by atoms with Crippen LogP contribution >= 0.6 is 12.4 Å². The Morgan fingerprint density at radius 2 is 2.40 bits per heavy atom. The highest BCUT2D eigenvalue weighted by Gasteiger charge is 2.10. The first-order valence-corrected chi connectivity index (χ1v) is 5.34. The largest absolute Gasteiger partial charge is 0.399 e. The van der Waals surface area contributed by atoms with Gasteiger partial charge in [0.2, 0.25) is 0 Å². The van der Waals surface area contributed by atoms with E-state index in [1.165, 1.54) is 31.5 Å². The summed E-state index contributed by atoms with van der Waals surface area (Å²) in [6.45, 7) is 5.64. The number of hydrogen-bond acceptors (Lipinski definition) is 3. The molecule has 1 aliphatic rings. The normalized spacial score (nSPS) is 17.3. The molecule has 0 unspecified atom stereocenters. The van der Waals surface area contributed by atoms with Gasteiger partial charge in [-0.2, -0.15) is 0 Å². The van der Waals surface area contributed by atoms with E-state index in [4.69, 9.17) is 0 Å². The van der Waals surface area contributed by atoms with E-state index in [-0.39, 0.29) is 12.4 Å². The van der Waals surface area contributed by atoms with Gasteiger partial charge in [0.1, 0.15) is 7.11 Å². The highest BCUT2D eigenvalue weighted by molar-refractivity contribution is 5.85. The summed E-state index contributed by atoms with van der Waals surface area (Å²) in [5.74, 6) is 0. The van der Waals surface area contributed by atoms with E-state index in [1.54, 1.807) is 7.11 Å². The van der Waals surface area contributed by atoms with Crippen LogP contribution in [0.15, 0.2) is 16.8 Å². The topological polar surface area (TPSA) is 24.8 Å². The molecule has 1 aliphatic heterocycles. The van der Waals surface area contributed by atoms with Crippen LogP contribution in [0.1, 0.15) is 26.2 Å². The van der Waals surface area contributed by atoms with Crippen molar-refractivity contribution >= 4 is 18.6 Å². The van der Waals surface area contributed by atoms with Gasteiger partial charge in [0.25, 0.3) is 0 Å². The molecule has 0 aliphatic carbocycles. The van der Waals surface area contributed by atoms with Crippen molar-refractivity contribution in [2.45, 2.75) is 26.2 Å². The maximum Gasteiger partial charge on any atom is 0.106 e. The molecule has 3 nitrogen and oxygen atoms in total. The van der Waals surface area contributed by atoms with Gasteiger partial charge in [-0.1, -0.05) is 24.6 Å². The van der Waals surface area contributed by atoms with Gasteiger partial charge < -0.3 is 4.84 Å². The molecular weight excluding hydrogens is 212 g/mol. The highest BCUT2D eigenvalue weighted by Crippen LogP contribution is 2.08. The molecule has 0 spiro atoms. The van der Waals surface area contributed by atoms with Gasteiger partial charge in [0, 0.05) is 13.1 Å². The molecule has 0 aromatic rings. The van der Waals surface area contributed by atoms with Gasteiger partial charge in [0.15, 0.2) is 0 Å². The molecule has 0 saturated heterocycles. The minimum absolute atomic E-state index is 0. The van der Waals surface area contributed by atoms with Crippen molar-refractivity contribution in [2.24, 2.45) is 5.16 Å². The van der Waals surface area contributed by atoms with Gasteiger partial charge in [-0.3, -0.25) is 4.90 Å². The monoisotopic (exact) mass is 232 g/mol. The van der Waals surface area contributed by atoms with Crippen LogP contribution in [0.4, 0.5) is 0 Å². The lowest BCUT2D eigenvalue weighted by Crippen LogP contribution is -2.31. The Kier molecular flexibility index (Phi) is 8.43. The fourth-order valence-electron chi connectivity index (χ4n) is 1.62. The second kappa shape index (κ2) is 8.74. The number of unbranched alkanes of at least 4 members (excludes halogenated alkanes) is 1. The zero-order chi connectivity index (χ0) is 10.2. The Morgan fingerprint density at radius 1 is 1.60 bits per heavy atom. The van der Waals surface area contributed by atoms with Gasteiger partial charge in [-0.05, 0) is 25.0 Å². The van der Waals surface area contributed by atoms with E-state index in [0.29, 0.717) is 0 Å². The van der Waals surface area contributed by atoms with Crippen LogP contribution in [0.2, 0.25) is 0 Å². The molecule has 0 atom stereocenters. The van der Waals surface area contributed by atoms with Crippen LogP contribution in [0.25, 0.3) is 0 Å². The maximum atomic E-state index is 4.67. The zero-order valence-electron chi connectivity index (χ0n) is 9.61. The van der Waals surface area contributed by atoms with Crippen LogP contribution < -0.4 is 0 Å². The van der Waals surface area contributed by atoms with Crippen LogP contribution in [-0.4, -0.2) is 37.9 Å². The van der Waals surface area contributed by atoms with Gasteiger partial charge in [-0.15, -0.1) is 12.4 Å². The molecule has 0 N–H and O–H groups in total. The predicted molar refractivity (Wildman–Crippen MR) is 66.8 cm³/mol. The summed E-state index contributed by atoms with van der Waals surface area (Å²) in [4.78, 5) is 7.14. The maximum absolute atomic E-state index is 4.67. The Hall–Kier alpha value is -0.540. The number of oxime groups is 1. The van der Waals surface area contributed by atoms with Crippen LogP contribution in [0, 0.1) is 0 Å². The summed E-state index contributed by atoms with van der Waals surface area (Å²) in [6, 6.07) is 0. The summed E-state index contributed by atoms with van der Waals surface area (Å²) in [6.07, 6.45) is 7.74. The average molecular weight is 233 g/mol. The third-order valence-corrected chi connectivity index (χ3v) is 2.41. The fraction of sp³-hybridized carbons (Fsp3) is 0.727. The Labute approximate surface area is 98.6 Å². The predicted octanol–water partition coefficient (Wildman–Crippen LogP) is 2.47. The Balaban J connectivity index is 0.00000196. The SMILES string of the molecule is CCCCN1CCC=C(/C=N/OC)C1.Cl. The minimum atomic E-state index is 0. The summed E-state index contributed by atoms with van der Waals surface area (Å²) in [7, 11) is 1.58. The highest BCUT2D eigenvalue weighted by atomic mass is 35.5. The smallest absolute Gasteiger partial charge is 0.106 e. The third kappa shape index (κ3) is 5.80. The lowest BCUT2D eigenvalue weighted by molar-refractivity contribution is 0.214. The van der Waals surface area contributed by atoms with Crippen molar-refractivity contribution < 1.29 is 4.84 Å². The zero-order valence-corrected chi connectivity index (χ0v) is 10.4. The second-order valence-electron chi connectivity index (χ2n) is 3.61. The number of rotatable bonds is 5. The number of nitrogens with zero attached hydrogens (tertiary/aromatic N) is 2. The van der Waals surface area contributed by atoms with Gasteiger partial charge in [-0.25, -0.2) is 0 Å². The van der Waals surface area contributed by atoms with Crippen molar-refractivity contribution in [1.82, 2.24) is 4.90 Å². The molecule has 0 amide bonds. The molecule has 88 valence electrons. The van der Waals surface area contributed by atoms with Crippen molar-refractivity contribution in [3.8, 4) is 0 Å². The van der Waals surface area contributed by atoms with Crippen molar-refractivity contribution in [2.75, 3.05) is 26.7 Å². The lowest BCUT2D eigenvalue weighted by Gasteiger charge is -2.25. The van der Waals surface area contributed by atoms with E-state index in [1.807, 2.05) is 6.21 Å². The molecule has 0 aromatic carbocycles. The summed E-state index contributed by atoms with van der Waals surface area (Å²) in [5.41, 5.74) is 1.27. The van der Waals surface area contributed by atoms with Crippen molar-refractivity contribution in [3.63, 3.8) is 0 Å². The van der Waals surface area contributed by atoms with E-state index in [0.717, 1.165) is 13.0 Å². The van der Waals surface area contributed by atoms with Gasteiger partial charge >= 0.3 is 0 Å². The van der Waals surface area contributed by atoms with E-state index >= 15 is 0 Å². The van der Waals surface area contributed by atoms with Crippen LogP contribution in [0.3, 0.4) is 0 Å². The lowest BCUT2D eigenvalue weighted by atomic mass is 10.1. The number of halogens is 1. The molecule has 1 heterocycles. The summed E-state index contributed by atoms with van der Waals surface area (Å²) >= 11 is 0. The standard InChI is InChI=1S/C11H20N2O.ClH/c1-3-4-7-13-8-5-6-11(10-13)9-12-14-2;/h6,9H,3-5,7-8,10H2,1-2H3;1H/b12-9+;. The molecule has 15 heavy (non-hydrogen) atoms. The summed E-state index contributed by atoms with van der Waals surface area (Å²) < 4.78 is 0. The average Bonchev–Trinajstić information content (AvgIpc) is 2.24. The van der Waals surface area contributed by atoms with E-state index in [9.17, 15) is 0 Å². The molecule has 0 saturated carbocycles. The molecule has 0 aromatic heterocycles. The first kappa shape index (κ1) is 14.5. The molecule has 4 heteroatoms. The minimum Gasteiger partial charge on any atom is -0.399 e. The number of hydrogen-bond donors (Lipinski definition) is 0. The van der Waals surface area contributed by atoms with E-state index < -0.39 is 0 Å². The molecular formula is C11H21ClN2O. The fourth-order valence-corrected chi connectivity index (χ4v) is 1.62. The first-order chi connectivity index (χ1) is 6.86. The van der Waals surface area contributed by atoms with Gasteiger partial charge in [0.05, 0.1) is 6.21 Å².